The van der Waals surface area contributed by atoms with E-state index in [1.165, 1.54) is 13.8 Å². The van der Waals surface area contributed by atoms with Crippen LogP contribution in [0.15, 0.2) is 12.4 Å². The van der Waals surface area contributed by atoms with Crippen molar-refractivity contribution in [3.63, 3.8) is 0 Å². The predicted molar refractivity (Wildman–Crippen MR) is 54.1 cm³/mol. The summed E-state index contributed by atoms with van der Waals surface area (Å²) in [5.74, 6) is -0.877. The largest absolute Gasteiger partial charge is 0.381 e. The zero-order valence-corrected chi connectivity index (χ0v) is 9.57. The molecule has 0 aliphatic carbocycles. The monoisotopic (exact) mass is 249 g/mol. The summed E-state index contributed by atoms with van der Waals surface area (Å²) >= 11 is 0. The molecule has 0 aromatic carbocycles. The van der Waals surface area contributed by atoms with Gasteiger partial charge in [-0.05, 0) is 13.8 Å². The van der Waals surface area contributed by atoms with E-state index < -0.39 is 26.7 Å². The molecule has 0 aliphatic heterocycles. The predicted octanol–water partition coefficient (Wildman–Crippen LogP) is -0.500. The molecule has 3 N–H and O–H groups in total. The molecule has 6 nitrogen and oxygen atoms in total. The van der Waals surface area contributed by atoms with Crippen LogP contribution in [-0.2, 0) is 15.6 Å². The third-order valence-electron chi connectivity index (χ3n) is 2.36. The molecule has 0 saturated heterocycles. The second kappa shape index (κ2) is 4.04. The molecule has 8 heteroatoms. The van der Waals surface area contributed by atoms with E-state index in [1.807, 2.05) is 0 Å². The van der Waals surface area contributed by atoms with Crippen molar-refractivity contribution in [1.82, 2.24) is 9.97 Å². The van der Waals surface area contributed by atoms with E-state index in [0.717, 1.165) is 12.4 Å². The lowest BCUT2D eigenvalue weighted by atomic mass is 10.0. The number of rotatable bonds is 3. The molecule has 2 atom stereocenters. The van der Waals surface area contributed by atoms with Crippen molar-refractivity contribution in [2.24, 2.45) is 5.14 Å². The molecule has 2 unspecified atom stereocenters. The van der Waals surface area contributed by atoms with Crippen molar-refractivity contribution in [3.8, 4) is 0 Å². The third kappa shape index (κ3) is 2.52. The van der Waals surface area contributed by atoms with E-state index in [2.05, 4.69) is 9.97 Å². The highest BCUT2D eigenvalue weighted by molar-refractivity contribution is 7.89. The molecule has 16 heavy (non-hydrogen) atoms. The minimum Gasteiger partial charge on any atom is -0.381 e. The zero-order chi connectivity index (χ0) is 12.6. The fourth-order valence-electron chi connectivity index (χ4n) is 1.08. The van der Waals surface area contributed by atoms with Gasteiger partial charge in [-0.2, -0.15) is 0 Å². The quantitative estimate of drug-likeness (QED) is 0.751. The molecular formula is C8H12FN3O3S. The van der Waals surface area contributed by atoms with Crippen LogP contribution in [0.3, 0.4) is 0 Å². The van der Waals surface area contributed by atoms with Crippen molar-refractivity contribution in [2.75, 3.05) is 0 Å². The number of nitrogens with two attached hydrogens (primary N) is 1. The van der Waals surface area contributed by atoms with Crippen LogP contribution in [0.1, 0.15) is 19.7 Å². The molecule has 90 valence electrons. The summed E-state index contributed by atoms with van der Waals surface area (Å²) in [6, 6.07) is 0. The summed E-state index contributed by atoms with van der Waals surface area (Å²) in [4.78, 5) is 7.06. The summed E-state index contributed by atoms with van der Waals surface area (Å²) in [7, 11) is -3.94. The Kier molecular flexibility index (Phi) is 3.27. The van der Waals surface area contributed by atoms with E-state index in [-0.39, 0.29) is 5.82 Å². The van der Waals surface area contributed by atoms with Crippen molar-refractivity contribution < 1.29 is 17.9 Å². The van der Waals surface area contributed by atoms with Crippen LogP contribution in [0.5, 0.6) is 0 Å². The third-order valence-corrected chi connectivity index (χ3v) is 3.80. The number of hydrogen-bond acceptors (Lipinski definition) is 5. The molecular weight excluding hydrogens is 237 g/mol. The van der Waals surface area contributed by atoms with Gasteiger partial charge >= 0.3 is 0 Å². The molecule has 1 aromatic rings. The molecule has 0 saturated carbocycles. The second-order valence-corrected chi connectivity index (χ2v) is 5.49. The fraction of sp³-hybridized carbons (Fsp3) is 0.500. The molecule has 1 rings (SSSR count). The summed E-state index contributed by atoms with van der Waals surface area (Å²) in [5.41, 5.74) is -1.87. The minimum atomic E-state index is -3.94. The number of primary sulfonamides is 1. The highest BCUT2D eigenvalue weighted by Crippen LogP contribution is 2.24. The van der Waals surface area contributed by atoms with Gasteiger partial charge in [-0.15, -0.1) is 0 Å². The average molecular weight is 249 g/mol. The Hall–Kier alpha value is -1.12. The van der Waals surface area contributed by atoms with Gasteiger partial charge < -0.3 is 5.11 Å². The van der Waals surface area contributed by atoms with E-state index in [9.17, 15) is 17.9 Å². The van der Waals surface area contributed by atoms with Crippen LogP contribution >= 0.6 is 0 Å². The van der Waals surface area contributed by atoms with Gasteiger partial charge in [0.05, 0.1) is 12.4 Å². The normalized spacial score (nSPS) is 17.8. The highest BCUT2D eigenvalue weighted by Gasteiger charge is 2.40. The number of nitrogens with zero attached hydrogens (tertiary/aromatic N) is 2. The van der Waals surface area contributed by atoms with Gasteiger partial charge in [-0.3, -0.25) is 0 Å². The molecule has 0 aliphatic rings. The molecule has 0 radical (unpaired) electrons. The Bertz CT molecular complexity index is 472. The molecule has 0 spiro atoms. The van der Waals surface area contributed by atoms with Crippen molar-refractivity contribution >= 4 is 10.0 Å². The van der Waals surface area contributed by atoms with Crippen molar-refractivity contribution in [2.45, 2.75) is 24.7 Å². The highest BCUT2D eigenvalue weighted by atomic mass is 32.2. The molecule has 0 amide bonds. The first-order valence-electron chi connectivity index (χ1n) is 4.37. The maximum Gasteiger partial charge on any atom is 0.215 e. The first-order valence-corrected chi connectivity index (χ1v) is 5.98. The Morgan fingerprint density at radius 1 is 1.50 bits per heavy atom. The standard InChI is InChI=1S/C8H12FN3O3S/c1-5(16(10,14)15)8(2,13)7-11-3-6(9)4-12-7/h3-5,13H,1-2H3,(H2,10,14,15). The Morgan fingerprint density at radius 2 is 1.94 bits per heavy atom. The van der Waals surface area contributed by atoms with Crippen LogP contribution in [-0.4, -0.2) is 28.7 Å². The first-order chi connectivity index (χ1) is 7.15. The van der Waals surface area contributed by atoms with Crippen LogP contribution in [0.2, 0.25) is 0 Å². The maximum atomic E-state index is 12.6. The fourth-order valence-corrected chi connectivity index (χ4v) is 1.82. The van der Waals surface area contributed by atoms with Crippen LogP contribution in [0.25, 0.3) is 0 Å². The lowest BCUT2D eigenvalue weighted by molar-refractivity contribution is 0.0468. The van der Waals surface area contributed by atoms with Gasteiger partial charge in [-0.25, -0.2) is 27.9 Å². The van der Waals surface area contributed by atoms with Gasteiger partial charge in [0, 0.05) is 0 Å². The van der Waals surface area contributed by atoms with Gasteiger partial charge in [-0.1, -0.05) is 0 Å². The van der Waals surface area contributed by atoms with Crippen molar-refractivity contribution in [3.05, 3.63) is 24.0 Å². The van der Waals surface area contributed by atoms with Crippen molar-refractivity contribution in [1.29, 1.82) is 0 Å². The first kappa shape index (κ1) is 12.9. The Labute approximate surface area is 92.4 Å². The number of halogens is 1. The van der Waals surface area contributed by atoms with Crippen LogP contribution < -0.4 is 5.14 Å². The molecule has 0 fully saturated rings. The second-order valence-electron chi connectivity index (χ2n) is 3.60. The summed E-state index contributed by atoms with van der Waals surface area (Å²) < 4.78 is 34.8. The number of hydrogen-bond donors (Lipinski definition) is 2. The summed E-state index contributed by atoms with van der Waals surface area (Å²) in [6.07, 6.45) is 1.68. The lowest BCUT2D eigenvalue weighted by Crippen LogP contribution is -2.44. The zero-order valence-electron chi connectivity index (χ0n) is 8.75. The Balaban J connectivity index is 3.16. The van der Waals surface area contributed by atoms with E-state index in [1.54, 1.807) is 0 Å². The van der Waals surface area contributed by atoms with E-state index in [4.69, 9.17) is 5.14 Å². The van der Waals surface area contributed by atoms with Gasteiger partial charge in [0.25, 0.3) is 0 Å². The summed E-state index contributed by atoms with van der Waals surface area (Å²) in [6.45, 7) is 2.43. The smallest absolute Gasteiger partial charge is 0.215 e. The Morgan fingerprint density at radius 3 is 2.31 bits per heavy atom. The van der Waals surface area contributed by atoms with Gasteiger partial charge in [0.15, 0.2) is 11.6 Å². The maximum absolute atomic E-state index is 12.6. The van der Waals surface area contributed by atoms with Gasteiger partial charge in [0.1, 0.15) is 10.9 Å². The molecule has 0 bridgehead atoms. The van der Waals surface area contributed by atoms with Crippen LogP contribution in [0, 0.1) is 5.82 Å². The van der Waals surface area contributed by atoms with Gasteiger partial charge in [0.2, 0.25) is 10.0 Å². The summed E-state index contributed by atoms with van der Waals surface area (Å²) in [5, 5.41) is 13.6. The van der Waals surface area contributed by atoms with E-state index in [0.29, 0.717) is 0 Å². The molecule has 1 aromatic heterocycles. The minimum absolute atomic E-state index is 0.199. The number of aromatic nitrogens is 2. The SMILES string of the molecule is CC(C(C)(O)c1ncc(F)cn1)S(N)(=O)=O. The lowest BCUT2D eigenvalue weighted by Gasteiger charge is -2.26. The molecule has 1 heterocycles. The van der Waals surface area contributed by atoms with E-state index >= 15 is 0 Å². The van der Waals surface area contributed by atoms with Crippen LogP contribution in [0.4, 0.5) is 4.39 Å². The average Bonchev–Trinajstić information content (AvgIpc) is 2.16. The number of sulfonamides is 1. The topological polar surface area (TPSA) is 106 Å². The number of aliphatic hydroxyl groups is 1.